The fourth-order valence-electron chi connectivity index (χ4n) is 6.30. The molecule has 2 aromatic carbocycles. The van der Waals surface area contributed by atoms with Gasteiger partial charge in [0, 0.05) is 22.3 Å². The standard InChI is InChI=1S/C23H16Cl2F3N3O3/c24-10-3-6-15-13(8-10)22(21(34)29-15)18-17(16-2-1-7-30(16)22)19(32)31(20(18)33)11-4-5-14(25)12(9-11)23(26,27)28/h3-6,8-9,16-18H,1-2,7H2,(H,29,34)/t16-,17+,18+,22-/m0/s1. The molecule has 1 spiro atoms. The fourth-order valence-corrected chi connectivity index (χ4v) is 6.70. The number of alkyl halides is 3. The normalized spacial score (nSPS) is 30.2. The van der Waals surface area contributed by atoms with Gasteiger partial charge < -0.3 is 5.32 Å². The van der Waals surface area contributed by atoms with Gasteiger partial charge in [0.2, 0.25) is 17.7 Å². The number of imide groups is 1. The molecule has 4 aliphatic rings. The number of rotatable bonds is 1. The van der Waals surface area contributed by atoms with E-state index in [4.69, 9.17) is 23.2 Å². The van der Waals surface area contributed by atoms with Crippen molar-refractivity contribution in [3.05, 3.63) is 57.6 Å². The Labute approximate surface area is 201 Å². The van der Waals surface area contributed by atoms with Crippen LogP contribution >= 0.6 is 23.2 Å². The average Bonchev–Trinajstić information content (AvgIpc) is 3.47. The van der Waals surface area contributed by atoms with E-state index in [2.05, 4.69) is 5.32 Å². The maximum absolute atomic E-state index is 13.8. The van der Waals surface area contributed by atoms with Gasteiger partial charge in [0.15, 0.2) is 0 Å². The van der Waals surface area contributed by atoms with Crippen LogP contribution in [-0.4, -0.2) is 35.2 Å². The number of halogens is 5. The first kappa shape index (κ1) is 21.9. The van der Waals surface area contributed by atoms with E-state index in [-0.39, 0.29) is 5.69 Å². The summed E-state index contributed by atoms with van der Waals surface area (Å²) in [5.41, 5.74) is -1.79. The molecule has 0 aliphatic carbocycles. The highest BCUT2D eigenvalue weighted by Gasteiger charge is 2.74. The van der Waals surface area contributed by atoms with Crippen LogP contribution in [0.1, 0.15) is 24.0 Å². The van der Waals surface area contributed by atoms with Crippen molar-refractivity contribution in [2.75, 3.05) is 16.8 Å². The van der Waals surface area contributed by atoms with Gasteiger partial charge in [-0.15, -0.1) is 0 Å². The molecule has 0 radical (unpaired) electrons. The summed E-state index contributed by atoms with van der Waals surface area (Å²) in [4.78, 5) is 43.7. The van der Waals surface area contributed by atoms with Crippen LogP contribution in [0.15, 0.2) is 36.4 Å². The zero-order valence-electron chi connectivity index (χ0n) is 17.3. The molecule has 4 aliphatic heterocycles. The van der Waals surface area contributed by atoms with Crippen molar-refractivity contribution >= 4 is 52.3 Å². The van der Waals surface area contributed by atoms with Crippen molar-refractivity contribution in [2.24, 2.45) is 11.8 Å². The van der Waals surface area contributed by atoms with Gasteiger partial charge in [0.1, 0.15) is 5.54 Å². The molecule has 0 bridgehead atoms. The van der Waals surface area contributed by atoms with Crippen LogP contribution in [0, 0.1) is 11.8 Å². The lowest BCUT2D eigenvalue weighted by Crippen LogP contribution is -2.54. The minimum absolute atomic E-state index is 0.217. The number of amides is 3. The summed E-state index contributed by atoms with van der Waals surface area (Å²) in [5, 5.41) is 2.66. The molecular formula is C23H16Cl2F3N3O3. The Morgan fingerprint density at radius 3 is 2.53 bits per heavy atom. The first-order valence-electron chi connectivity index (χ1n) is 10.7. The van der Waals surface area contributed by atoms with Gasteiger partial charge in [-0.2, -0.15) is 13.2 Å². The van der Waals surface area contributed by atoms with Crippen LogP contribution in [0.4, 0.5) is 24.5 Å². The smallest absolute Gasteiger partial charge is 0.324 e. The van der Waals surface area contributed by atoms with Gasteiger partial charge in [-0.05, 0) is 55.8 Å². The first-order chi connectivity index (χ1) is 16.1. The number of anilines is 2. The number of carbonyl (C=O) groups is 3. The largest absolute Gasteiger partial charge is 0.417 e. The molecule has 0 aromatic heterocycles. The molecule has 3 amide bonds. The summed E-state index contributed by atoms with van der Waals surface area (Å²) < 4.78 is 40.4. The van der Waals surface area contributed by atoms with Crippen LogP contribution in [0.25, 0.3) is 0 Å². The SMILES string of the molecule is O=C1[C@@H]2[C@@H]3CCCN3[C@]3(C(=O)Nc4ccc(Cl)cc43)[C@H]2C(=O)N1c1ccc(Cl)c(C(F)(F)F)c1. The summed E-state index contributed by atoms with van der Waals surface area (Å²) in [6.45, 7) is 0.511. The lowest BCUT2D eigenvalue weighted by Gasteiger charge is -2.36. The maximum Gasteiger partial charge on any atom is 0.417 e. The van der Waals surface area contributed by atoms with Crippen molar-refractivity contribution in [1.82, 2.24) is 4.90 Å². The number of hydrogen-bond donors (Lipinski definition) is 1. The molecule has 4 heterocycles. The van der Waals surface area contributed by atoms with Gasteiger partial charge >= 0.3 is 6.18 Å². The van der Waals surface area contributed by atoms with Crippen LogP contribution in [0.3, 0.4) is 0 Å². The molecule has 6 rings (SSSR count). The van der Waals surface area contributed by atoms with Crippen molar-refractivity contribution < 1.29 is 27.6 Å². The number of benzene rings is 2. The molecule has 34 heavy (non-hydrogen) atoms. The Kier molecular flexibility index (Phi) is 4.48. The summed E-state index contributed by atoms with van der Waals surface area (Å²) >= 11 is 12.0. The summed E-state index contributed by atoms with van der Waals surface area (Å²) in [7, 11) is 0. The van der Waals surface area contributed by atoms with E-state index in [1.807, 2.05) is 4.90 Å². The third-order valence-electron chi connectivity index (χ3n) is 7.47. The molecule has 1 N–H and O–H groups in total. The van der Waals surface area contributed by atoms with E-state index in [0.717, 1.165) is 17.4 Å². The monoisotopic (exact) mass is 509 g/mol. The van der Waals surface area contributed by atoms with E-state index in [0.29, 0.717) is 35.3 Å². The number of fused-ring (bicyclic) bond motifs is 7. The summed E-state index contributed by atoms with van der Waals surface area (Å²) in [5.74, 6) is -3.70. The number of nitrogens with zero attached hydrogens (tertiary/aromatic N) is 2. The van der Waals surface area contributed by atoms with Crippen LogP contribution in [0.2, 0.25) is 10.0 Å². The third kappa shape index (κ3) is 2.60. The number of carbonyl (C=O) groups excluding carboxylic acids is 3. The molecule has 4 atom stereocenters. The number of hydrogen-bond acceptors (Lipinski definition) is 4. The lowest BCUT2D eigenvalue weighted by atomic mass is 9.75. The van der Waals surface area contributed by atoms with Gasteiger partial charge in [-0.1, -0.05) is 23.2 Å². The molecule has 0 saturated carbocycles. The Balaban J connectivity index is 1.53. The van der Waals surface area contributed by atoms with E-state index >= 15 is 0 Å². The van der Waals surface area contributed by atoms with Gasteiger partial charge in [0.05, 0.1) is 28.1 Å². The zero-order chi connectivity index (χ0) is 24.2. The maximum atomic E-state index is 13.8. The second-order valence-electron chi connectivity index (χ2n) is 8.99. The summed E-state index contributed by atoms with van der Waals surface area (Å²) in [6, 6.07) is 7.44. The zero-order valence-corrected chi connectivity index (χ0v) is 18.8. The molecular weight excluding hydrogens is 494 g/mol. The minimum Gasteiger partial charge on any atom is -0.324 e. The Morgan fingerprint density at radius 1 is 1.03 bits per heavy atom. The molecule has 176 valence electrons. The average molecular weight is 510 g/mol. The highest BCUT2D eigenvalue weighted by atomic mass is 35.5. The number of nitrogens with one attached hydrogen (secondary N) is 1. The topological polar surface area (TPSA) is 69.7 Å². The van der Waals surface area contributed by atoms with Crippen molar-refractivity contribution in [3.8, 4) is 0 Å². The van der Waals surface area contributed by atoms with E-state index in [1.165, 1.54) is 6.07 Å². The molecule has 2 aromatic rings. The lowest BCUT2D eigenvalue weighted by molar-refractivity contribution is -0.137. The van der Waals surface area contributed by atoms with Gasteiger partial charge in [-0.25, -0.2) is 4.90 Å². The van der Waals surface area contributed by atoms with E-state index in [9.17, 15) is 27.6 Å². The summed E-state index contributed by atoms with van der Waals surface area (Å²) in [6.07, 6.45) is -3.45. The van der Waals surface area contributed by atoms with E-state index < -0.39 is 57.9 Å². The molecule has 11 heteroatoms. The van der Waals surface area contributed by atoms with Crippen molar-refractivity contribution in [3.63, 3.8) is 0 Å². The first-order valence-corrected chi connectivity index (χ1v) is 11.4. The quantitative estimate of drug-likeness (QED) is 0.577. The van der Waals surface area contributed by atoms with Crippen LogP contribution in [-0.2, 0) is 26.1 Å². The highest BCUT2D eigenvalue weighted by Crippen LogP contribution is 2.61. The van der Waals surface area contributed by atoms with Crippen LogP contribution < -0.4 is 10.2 Å². The van der Waals surface area contributed by atoms with E-state index in [1.54, 1.807) is 18.2 Å². The van der Waals surface area contributed by atoms with Gasteiger partial charge in [-0.3, -0.25) is 19.3 Å². The van der Waals surface area contributed by atoms with Crippen molar-refractivity contribution in [1.29, 1.82) is 0 Å². The van der Waals surface area contributed by atoms with Crippen molar-refractivity contribution in [2.45, 2.75) is 30.6 Å². The third-order valence-corrected chi connectivity index (χ3v) is 8.03. The van der Waals surface area contributed by atoms with Crippen LogP contribution in [0.5, 0.6) is 0 Å². The molecule has 3 saturated heterocycles. The molecule has 3 fully saturated rings. The fraction of sp³-hybridized carbons (Fsp3) is 0.348. The second-order valence-corrected chi connectivity index (χ2v) is 9.83. The Bertz CT molecular complexity index is 1300. The van der Waals surface area contributed by atoms with Gasteiger partial charge in [0.25, 0.3) is 0 Å². The highest BCUT2D eigenvalue weighted by molar-refractivity contribution is 6.32. The Hall–Kier alpha value is -2.62. The molecule has 6 nitrogen and oxygen atoms in total. The molecule has 0 unspecified atom stereocenters. The predicted octanol–water partition coefficient (Wildman–Crippen LogP) is 4.44. The second kappa shape index (κ2) is 6.96. The predicted molar refractivity (Wildman–Crippen MR) is 117 cm³/mol. The Morgan fingerprint density at radius 2 is 1.79 bits per heavy atom. The minimum atomic E-state index is -4.76.